The highest BCUT2D eigenvalue weighted by Gasteiger charge is 2.22. The summed E-state index contributed by atoms with van der Waals surface area (Å²) in [4.78, 5) is 4.92. The molecule has 1 fully saturated rings. The molecule has 2 aliphatic heterocycles. The Labute approximate surface area is 91.5 Å². The zero-order chi connectivity index (χ0) is 10.3. The van der Waals surface area contributed by atoms with Gasteiger partial charge in [0, 0.05) is 43.6 Å². The molecule has 1 aromatic rings. The number of fused-ring (bicyclic) bond motifs is 1. The van der Waals surface area contributed by atoms with E-state index in [0.29, 0.717) is 0 Å². The lowest BCUT2D eigenvalue weighted by Gasteiger charge is -2.21. The maximum atomic E-state index is 2.55. The van der Waals surface area contributed by atoms with Gasteiger partial charge in [-0.25, -0.2) is 0 Å². The molecule has 0 N–H and O–H groups in total. The summed E-state index contributed by atoms with van der Waals surface area (Å²) in [6, 6.07) is 6.75. The average Bonchev–Trinajstić information content (AvgIpc) is 2.88. The van der Waals surface area contributed by atoms with Gasteiger partial charge in [-0.05, 0) is 31.4 Å². The lowest BCUT2D eigenvalue weighted by atomic mass is 10.1. The van der Waals surface area contributed by atoms with Gasteiger partial charge in [0.15, 0.2) is 0 Å². The van der Waals surface area contributed by atoms with Gasteiger partial charge in [-0.3, -0.25) is 0 Å². The predicted octanol–water partition coefficient (Wildman–Crippen LogP) is 2.28. The molecule has 2 aliphatic rings. The second-order valence-corrected chi connectivity index (χ2v) is 4.64. The molecule has 0 atom stereocenters. The van der Waals surface area contributed by atoms with Crippen molar-refractivity contribution < 1.29 is 0 Å². The van der Waals surface area contributed by atoms with Crippen molar-refractivity contribution in [3.63, 3.8) is 0 Å². The molecule has 0 bridgehead atoms. The second-order valence-electron chi connectivity index (χ2n) is 4.64. The van der Waals surface area contributed by atoms with Crippen molar-refractivity contribution in [1.82, 2.24) is 0 Å². The minimum atomic E-state index is 1.18. The number of anilines is 2. The van der Waals surface area contributed by atoms with Crippen LogP contribution < -0.4 is 9.80 Å². The van der Waals surface area contributed by atoms with E-state index in [1.807, 2.05) is 0 Å². The van der Waals surface area contributed by atoms with Crippen LogP contribution in [0.4, 0.5) is 11.4 Å². The van der Waals surface area contributed by atoms with Crippen molar-refractivity contribution >= 4 is 11.4 Å². The van der Waals surface area contributed by atoms with Gasteiger partial charge in [-0.2, -0.15) is 0 Å². The Morgan fingerprint density at radius 3 is 2.53 bits per heavy atom. The van der Waals surface area contributed by atoms with E-state index in [0.717, 1.165) is 0 Å². The van der Waals surface area contributed by atoms with E-state index < -0.39 is 0 Å². The Morgan fingerprint density at radius 1 is 1.00 bits per heavy atom. The van der Waals surface area contributed by atoms with E-state index in [1.54, 1.807) is 5.56 Å². The summed E-state index contributed by atoms with van der Waals surface area (Å²) in [5.74, 6) is 0. The number of nitrogens with zero attached hydrogens (tertiary/aromatic N) is 2. The van der Waals surface area contributed by atoms with Gasteiger partial charge >= 0.3 is 0 Å². The van der Waals surface area contributed by atoms with Gasteiger partial charge in [0.1, 0.15) is 0 Å². The van der Waals surface area contributed by atoms with Crippen LogP contribution in [0.25, 0.3) is 0 Å². The number of hydrogen-bond acceptors (Lipinski definition) is 2. The van der Waals surface area contributed by atoms with E-state index in [9.17, 15) is 0 Å². The van der Waals surface area contributed by atoms with E-state index in [1.165, 1.54) is 50.3 Å². The number of rotatable bonds is 1. The van der Waals surface area contributed by atoms with Crippen molar-refractivity contribution in [3.05, 3.63) is 23.8 Å². The topological polar surface area (TPSA) is 6.48 Å². The third-order valence-electron chi connectivity index (χ3n) is 3.68. The average molecular weight is 202 g/mol. The molecular weight excluding hydrogens is 184 g/mol. The summed E-state index contributed by atoms with van der Waals surface area (Å²) in [6.07, 6.45) is 3.94. The van der Waals surface area contributed by atoms with E-state index in [-0.39, 0.29) is 0 Å². The number of hydrogen-bond donors (Lipinski definition) is 0. The Kier molecular flexibility index (Phi) is 2.08. The third kappa shape index (κ3) is 1.39. The third-order valence-corrected chi connectivity index (χ3v) is 3.68. The summed E-state index contributed by atoms with van der Waals surface area (Å²) < 4.78 is 0. The van der Waals surface area contributed by atoms with Crippen LogP contribution in [0.5, 0.6) is 0 Å². The largest absolute Gasteiger partial charge is 0.374 e. The molecule has 0 radical (unpaired) electrons. The lowest BCUT2D eigenvalue weighted by molar-refractivity contribution is 0.934. The summed E-state index contributed by atoms with van der Waals surface area (Å²) >= 11 is 0. The smallest absolute Gasteiger partial charge is 0.0420 e. The van der Waals surface area contributed by atoms with Crippen LogP contribution in [0.1, 0.15) is 18.4 Å². The molecule has 1 aromatic carbocycles. The molecule has 0 unspecified atom stereocenters. The fourth-order valence-electron chi connectivity index (χ4n) is 2.83. The summed E-state index contributed by atoms with van der Waals surface area (Å²) in [5, 5.41) is 0. The highest BCUT2D eigenvalue weighted by Crippen LogP contribution is 2.35. The molecule has 2 nitrogen and oxygen atoms in total. The van der Waals surface area contributed by atoms with Crippen LogP contribution in [0, 0.1) is 0 Å². The van der Waals surface area contributed by atoms with Crippen molar-refractivity contribution in [2.45, 2.75) is 19.3 Å². The Hall–Kier alpha value is -1.18. The standard InChI is InChI=1S/C13H18N2/c1-14-10-7-11-12(14)5-4-6-13(11)15-8-2-3-9-15/h4-6H,2-3,7-10H2,1H3. The minimum absolute atomic E-state index is 1.18. The Balaban J connectivity index is 2.01. The fraction of sp³-hybridized carbons (Fsp3) is 0.538. The van der Waals surface area contributed by atoms with Crippen LogP contribution in [0.15, 0.2) is 18.2 Å². The predicted molar refractivity (Wildman–Crippen MR) is 64.9 cm³/mol. The molecule has 0 amide bonds. The molecule has 0 saturated carbocycles. The number of benzene rings is 1. The first-order valence-corrected chi connectivity index (χ1v) is 5.94. The van der Waals surface area contributed by atoms with Gasteiger partial charge < -0.3 is 9.80 Å². The van der Waals surface area contributed by atoms with Crippen molar-refractivity contribution in [2.24, 2.45) is 0 Å². The summed E-state index contributed by atoms with van der Waals surface area (Å²) in [7, 11) is 2.19. The first kappa shape index (κ1) is 9.08. The highest BCUT2D eigenvalue weighted by molar-refractivity contribution is 5.70. The summed E-state index contributed by atoms with van der Waals surface area (Å²) in [6.45, 7) is 3.68. The van der Waals surface area contributed by atoms with Crippen molar-refractivity contribution in [2.75, 3.05) is 36.5 Å². The SMILES string of the molecule is CN1CCc2c1cccc2N1CCCC1. The van der Waals surface area contributed by atoms with Crippen LogP contribution in [0.3, 0.4) is 0 Å². The maximum absolute atomic E-state index is 2.55. The normalized spacial score (nSPS) is 19.8. The van der Waals surface area contributed by atoms with Crippen LogP contribution in [0.2, 0.25) is 0 Å². The maximum Gasteiger partial charge on any atom is 0.0420 e. The van der Waals surface area contributed by atoms with Crippen LogP contribution >= 0.6 is 0 Å². The molecular formula is C13H18N2. The zero-order valence-electron chi connectivity index (χ0n) is 9.37. The van der Waals surface area contributed by atoms with Gasteiger partial charge in [-0.1, -0.05) is 6.07 Å². The van der Waals surface area contributed by atoms with E-state index >= 15 is 0 Å². The zero-order valence-corrected chi connectivity index (χ0v) is 9.37. The first-order valence-electron chi connectivity index (χ1n) is 5.94. The lowest BCUT2D eigenvalue weighted by Crippen LogP contribution is -2.18. The minimum Gasteiger partial charge on any atom is -0.374 e. The molecule has 2 heterocycles. The number of likely N-dealkylation sites (N-methyl/N-ethyl adjacent to an activating group) is 1. The second kappa shape index (κ2) is 3.44. The Morgan fingerprint density at radius 2 is 1.73 bits per heavy atom. The molecule has 15 heavy (non-hydrogen) atoms. The quantitative estimate of drug-likeness (QED) is 0.689. The van der Waals surface area contributed by atoms with Gasteiger partial charge in [-0.15, -0.1) is 0 Å². The molecule has 1 saturated heterocycles. The van der Waals surface area contributed by atoms with E-state index in [4.69, 9.17) is 0 Å². The first-order chi connectivity index (χ1) is 7.36. The highest BCUT2D eigenvalue weighted by atomic mass is 15.2. The van der Waals surface area contributed by atoms with Gasteiger partial charge in [0.05, 0.1) is 0 Å². The van der Waals surface area contributed by atoms with Crippen molar-refractivity contribution in [1.29, 1.82) is 0 Å². The Bertz CT molecular complexity index is 367. The summed E-state index contributed by atoms with van der Waals surface area (Å²) in [5.41, 5.74) is 4.51. The van der Waals surface area contributed by atoms with Gasteiger partial charge in [0.2, 0.25) is 0 Å². The van der Waals surface area contributed by atoms with Crippen molar-refractivity contribution in [3.8, 4) is 0 Å². The van der Waals surface area contributed by atoms with Crippen LogP contribution in [-0.4, -0.2) is 26.7 Å². The molecule has 0 aromatic heterocycles. The molecule has 3 rings (SSSR count). The molecule has 80 valence electrons. The van der Waals surface area contributed by atoms with Crippen LogP contribution in [-0.2, 0) is 6.42 Å². The molecule has 0 spiro atoms. The molecule has 0 aliphatic carbocycles. The molecule has 2 heteroatoms. The fourth-order valence-corrected chi connectivity index (χ4v) is 2.83. The monoisotopic (exact) mass is 202 g/mol. The van der Waals surface area contributed by atoms with Gasteiger partial charge in [0.25, 0.3) is 0 Å². The van der Waals surface area contributed by atoms with E-state index in [2.05, 4.69) is 35.0 Å².